The lowest BCUT2D eigenvalue weighted by Gasteiger charge is -2.51. The highest BCUT2D eigenvalue weighted by Crippen LogP contribution is 2.54. The largest absolute Gasteiger partial charge is 0.393 e. The van der Waals surface area contributed by atoms with Crippen molar-refractivity contribution in [1.29, 1.82) is 5.26 Å². The third kappa shape index (κ3) is 1.52. The van der Waals surface area contributed by atoms with Gasteiger partial charge in [-0.05, 0) is 36.5 Å². The Morgan fingerprint density at radius 1 is 1.44 bits per heavy atom. The molecule has 1 fully saturated rings. The monoisotopic (exact) mass is 215 g/mol. The summed E-state index contributed by atoms with van der Waals surface area (Å²) in [6.45, 7) is 4.27. The van der Waals surface area contributed by atoms with E-state index in [0.29, 0.717) is 11.5 Å². The highest BCUT2D eigenvalue weighted by molar-refractivity contribution is 5.35. The summed E-state index contributed by atoms with van der Waals surface area (Å²) in [6.07, 6.45) is 1.65. The summed E-state index contributed by atoms with van der Waals surface area (Å²) in [7, 11) is 0. The number of hydrogen-bond donors (Lipinski definition) is 1. The fourth-order valence-electron chi connectivity index (χ4n) is 2.62. The van der Waals surface area contributed by atoms with Crippen molar-refractivity contribution in [2.24, 2.45) is 5.41 Å². The number of rotatable bonds is 2. The number of benzene rings is 1. The molecule has 0 aliphatic heterocycles. The molecule has 2 nitrogen and oxygen atoms in total. The Kier molecular flexibility index (Phi) is 2.73. The average molecular weight is 215 g/mol. The van der Waals surface area contributed by atoms with Gasteiger partial charge in [-0.3, -0.25) is 0 Å². The molecular weight excluding hydrogens is 198 g/mol. The van der Waals surface area contributed by atoms with Crippen LogP contribution in [-0.4, -0.2) is 11.2 Å². The fourth-order valence-corrected chi connectivity index (χ4v) is 2.62. The Morgan fingerprint density at radius 2 is 2.06 bits per heavy atom. The molecule has 2 heteroatoms. The molecule has 1 aromatic carbocycles. The normalized spacial score (nSPS) is 32.9. The van der Waals surface area contributed by atoms with Gasteiger partial charge >= 0.3 is 0 Å². The van der Waals surface area contributed by atoms with Gasteiger partial charge in [-0.1, -0.05) is 26.0 Å². The summed E-state index contributed by atoms with van der Waals surface area (Å²) in [6, 6.07) is 9.87. The van der Waals surface area contributed by atoms with Gasteiger partial charge in [0.05, 0.1) is 17.7 Å². The first-order chi connectivity index (χ1) is 7.61. The summed E-state index contributed by atoms with van der Waals surface area (Å²) >= 11 is 0. The molecule has 2 rings (SSSR count). The van der Waals surface area contributed by atoms with Gasteiger partial charge in [0.15, 0.2) is 0 Å². The molecule has 3 atom stereocenters. The van der Waals surface area contributed by atoms with Gasteiger partial charge in [-0.15, -0.1) is 0 Å². The SMILES string of the molecule is CCC1(C)C(O)CC1c1ccc(C#N)cc1. The van der Waals surface area contributed by atoms with Crippen molar-refractivity contribution in [1.82, 2.24) is 0 Å². The van der Waals surface area contributed by atoms with Gasteiger partial charge in [0.1, 0.15) is 0 Å². The van der Waals surface area contributed by atoms with Crippen molar-refractivity contribution in [2.45, 2.75) is 38.7 Å². The standard InChI is InChI=1S/C14H17NO/c1-3-14(2)12(8-13(14)16)11-6-4-10(9-15)5-7-11/h4-7,12-13,16H,3,8H2,1-2H3. The van der Waals surface area contributed by atoms with E-state index in [1.807, 2.05) is 24.3 Å². The second-order valence-electron chi connectivity index (χ2n) is 4.90. The minimum Gasteiger partial charge on any atom is -0.393 e. The molecule has 1 N–H and O–H groups in total. The lowest BCUT2D eigenvalue weighted by Crippen LogP contribution is -2.49. The molecule has 1 aliphatic rings. The minimum atomic E-state index is -0.182. The lowest BCUT2D eigenvalue weighted by atomic mass is 9.55. The van der Waals surface area contributed by atoms with Crippen molar-refractivity contribution in [3.8, 4) is 6.07 Å². The number of aliphatic hydroxyl groups is 1. The van der Waals surface area contributed by atoms with Crippen LogP contribution in [0.5, 0.6) is 0 Å². The molecule has 0 heterocycles. The van der Waals surface area contributed by atoms with Crippen LogP contribution in [0.3, 0.4) is 0 Å². The van der Waals surface area contributed by atoms with E-state index >= 15 is 0 Å². The summed E-state index contributed by atoms with van der Waals surface area (Å²) in [4.78, 5) is 0. The van der Waals surface area contributed by atoms with Gasteiger partial charge in [0.25, 0.3) is 0 Å². The molecule has 0 aromatic heterocycles. The van der Waals surface area contributed by atoms with Crippen molar-refractivity contribution < 1.29 is 5.11 Å². The number of nitriles is 1. The molecule has 1 aliphatic carbocycles. The van der Waals surface area contributed by atoms with E-state index in [4.69, 9.17) is 5.26 Å². The quantitative estimate of drug-likeness (QED) is 0.824. The topological polar surface area (TPSA) is 44.0 Å². The Bertz CT molecular complexity index is 417. The zero-order chi connectivity index (χ0) is 11.8. The molecule has 3 unspecified atom stereocenters. The molecular formula is C14H17NO. The zero-order valence-corrected chi connectivity index (χ0v) is 9.77. The molecule has 1 saturated carbocycles. The van der Waals surface area contributed by atoms with Crippen LogP contribution in [0.4, 0.5) is 0 Å². The maximum absolute atomic E-state index is 9.85. The summed E-state index contributed by atoms with van der Waals surface area (Å²) in [5.74, 6) is 0.431. The van der Waals surface area contributed by atoms with Gasteiger partial charge in [-0.25, -0.2) is 0 Å². The summed E-state index contributed by atoms with van der Waals surface area (Å²) in [5, 5.41) is 18.6. The number of aliphatic hydroxyl groups excluding tert-OH is 1. The Labute approximate surface area is 96.5 Å². The zero-order valence-electron chi connectivity index (χ0n) is 9.77. The van der Waals surface area contributed by atoms with Crippen molar-refractivity contribution in [3.63, 3.8) is 0 Å². The smallest absolute Gasteiger partial charge is 0.0991 e. The molecule has 0 spiro atoms. The minimum absolute atomic E-state index is 0.00810. The van der Waals surface area contributed by atoms with Gasteiger partial charge in [0.2, 0.25) is 0 Å². The summed E-state index contributed by atoms with van der Waals surface area (Å²) in [5.41, 5.74) is 1.95. The van der Waals surface area contributed by atoms with Crippen LogP contribution in [0.1, 0.15) is 43.7 Å². The van der Waals surface area contributed by atoms with Crippen LogP contribution in [0.2, 0.25) is 0 Å². The third-order valence-electron chi connectivity index (χ3n) is 4.22. The predicted octanol–water partition coefficient (Wildman–Crippen LogP) is 2.82. The van der Waals surface area contributed by atoms with E-state index in [-0.39, 0.29) is 11.5 Å². The first-order valence-corrected chi connectivity index (χ1v) is 5.80. The highest BCUT2D eigenvalue weighted by atomic mass is 16.3. The Balaban J connectivity index is 2.23. The van der Waals surface area contributed by atoms with E-state index in [9.17, 15) is 5.11 Å². The summed E-state index contributed by atoms with van der Waals surface area (Å²) < 4.78 is 0. The second-order valence-corrected chi connectivity index (χ2v) is 4.90. The lowest BCUT2D eigenvalue weighted by molar-refractivity contribution is -0.0777. The molecule has 0 radical (unpaired) electrons. The Hall–Kier alpha value is -1.33. The third-order valence-corrected chi connectivity index (χ3v) is 4.22. The van der Waals surface area contributed by atoms with Crippen LogP contribution in [0.25, 0.3) is 0 Å². The molecule has 1 aromatic rings. The van der Waals surface area contributed by atoms with Crippen LogP contribution in [-0.2, 0) is 0 Å². The second kappa shape index (κ2) is 3.92. The molecule has 16 heavy (non-hydrogen) atoms. The molecule has 0 saturated heterocycles. The van der Waals surface area contributed by atoms with Gasteiger partial charge in [0, 0.05) is 5.41 Å². The maximum Gasteiger partial charge on any atom is 0.0991 e. The van der Waals surface area contributed by atoms with E-state index in [2.05, 4.69) is 19.9 Å². The first-order valence-electron chi connectivity index (χ1n) is 5.80. The van der Waals surface area contributed by atoms with Crippen LogP contribution >= 0.6 is 0 Å². The molecule has 0 bridgehead atoms. The fraction of sp³-hybridized carbons (Fsp3) is 0.500. The Morgan fingerprint density at radius 3 is 2.50 bits per heavy atom. The number of hydrogen-bond acceptors (Lipinski definition) is 2. The predicted molar refractivity (Wildman–Crippen MR) is 62.9 cm³/mol. The van der Waals surface area contributed by atoms with Crippen molar-refractivity contribution >= 4 is 0 Å². The van der Waals surface area contributed by atoms with Gasteiger partial charge in [-0.2, -0.15) is 5.26 Å². The van der Waals surface area contributed by atoms with E-state index < -0.39 is 0 Å². The van der Waals surface area contributed by atoms with Crippen LogP contribution in [0.15, 0.2) is 24.3 Å². The molecule has 0 amide bonds. The average Bonchev–Trinajstić information content (AvgIpc) is 2.35. The highest BCUT2D eigenvalue weighted by Gasteiger charge is 2.49. The first kappa shape index (κ1) is 11.2. The van der Waals surface area contributed by atoms with Gasteiger partial charge < -0.3 is 5.11 Å². The number of nitrogens with zero attached hydrogens (tertiary/aromatic N) is 1. The van der Waals surface area contributed by atoms with E-state index in [0.717, 1.165) is 12.8 Å². The van der Waals surface area contributed by atoms with Crippen LogP contribution in [0, 0.1) is 16.7 Å². The maximum atomic E-state index is 9.85. The van der Waals surface area contributed by atoms with E-state index in [1.54, 1.807) is 0 Å². The molecule has 84 valence electrons. The van der Waals surface area contributed by atoms with Crippen LogP contribution < -0.4 is 0 Å². The van der Waals surface area contributed by atoms with E-state index in [1.165, 1.54) is 5.56 Å². The van der Waals surface area contributed by atoms with Crippen molar-refractivity contribution in [3.05, 3.63) is 35.4 Å². The van der Waals surface area contributed by atoms with Crippen molar-refractivity contribution in [2.75, 3.05) is 0 Å².